The van der Waals surface area contributed by atoms with E-state index in [0.717, 1.165) is 51.5 Å². The van der Waals surface area contributed by atoms with Gasteiger partial charge in [0.2, 0.25) is 5.88 Å². The Morgan fingerprint density at radius 2 is 2.29 bits per heavy atom. The first-order valence-electron chi connectivity index (χ1n) is 7.85. The van der Waals surface area contributed by atoms with Gasteiger partial charge in [-0.05, 0) is 19.4 Å². The highest BCUT2D eigenvalue weighted by Gasteiger charge is 2.24. The van der Waals surface area contributed by atoms with Crippen molar-refractivity contribution in [3.8, 4) is 5.88 Å². The molecule has 1 aliphatic rings. The Morgan fingerprint density at radius 3 is 3.10 bits per heavy atom. The molecule has 1 aromatic rings. The fourth-order valence-corrected chi connectivity index (χ4v) is 2.34. The lowest BCUT2D eigenvalue weighted by Crippen LogP contribution is -2.51. The summed E-state index contributed by atoms with van der Waals surface area (Å²) >= 11 is 0. The van der Waals surface area contributed by atoms with Crippen LogP contribution in [0.4, 0.5) is 5.82 Å². The lowest BCUT2D eigenvalue weighted by molar-refractivity contribution is 0.0933. The van der Waals surface area contributed by atoms with Gasteiger partial charge in [0, 0.05) is 19.2 Å². The molecule has 2 heterocycles. The van der Waals surface area contributed by atoms with Crippen LogP contribution in [0, 0.1) is 0 Å². The number of hydrogen-bond donors (Lipinski definition) is 1. The molecule has 1 atom stereocenters. The van der Waals surface area contributed by atoms with E-state index in [4.69, 9.17) is 9.47 Å². The van der Waals surface area contributed by atoms with Crippen LogP contribution >= 0.6 is 0 Å². The Kier molecular flexibility index (Phi) is 6.69. The number of rotatable bonds is 8. The van der Waals surface area contributed by atoms with Gasteiger partial charge in [-0.2, -0.15) is 0 Å². The van der Waals surface area contributed by atoms with Gasteiger partial charge in [-0.3, -0.25) is 0 Å². The SMILES string of the molecule is CCCNCC1COCCN1c1cc(OCCC)ncn1. The van der Waals surface area contributed by atoms with Crippen LogP contribution < -0.4 is 15.0 Å². The van der Waals surface area contributed by atoms with Gasteiger partial charge in [0.15, 0.2) is 0 Å². The zero-order chi connectivity index (χ0) is 14.9. The van der Waals surface area contributed by atoms with Crippen LogP contribution in [-0.4, -0.2) is 55.5 Å². The number of nitrogens with zero attached hydrogens (tertiary/aromatic N) is 3. The van der Waals surface area contributed by atoms with Crippen molar-refractivity contribution < 1.29 is 9.47 Å². The molecule has 1 aliphatic heterocycles. The highest BCUT2D eigenvalue weighted by Crippen LogP contribution is 2.20. The fraction of sp³-hybridized carbons (Fsp3) is 0.733. The maximum absolute atomic E-state index is 5.60. The largest absolute Gasteiger partial charge is 0.478 e. The summed E-state index contributed by atoms with van der Waals surface area (Å²) in [7, 11) is 0. The van der Waals surface area contributed by atoms with E-state index in [0.29, 0.717) is 18.5 Å². The van der Waals surface area contributed by atoms with Crippen molar-refractivity contribution in [1.29, 1.82) is 0 Å². The lowest BCUT2D eigenvalue weighted by atomic mass is 10.2. The second-order valence-electron chi connectivity index (χ2n) is 5.19. The molecule has 2 rings (SSSR count). The zero-order valence-corrected chi connectivity index (χ0v) is 13.0. The quantitative estimate of drug-likeness (QED) is 0.733. The number of aromatic nitrogens is 2. The van der Waals surface area contributed by atoms with Crippen molar-refractivity contribution >= 4 is 5.82 Å². The minimum absolute atomic E-state index is 0.305. The van der Waals surface area contributed by atoms with Crippen molar-refractivity contribution in [2.24, 2.45) is 0 Å². The van der Waals surface area contributed by atoms with Crippen molar-refractivity contribution in [3.05, 3.63) is 12.4 Å². The van der Waals surface area contributed by atoms with Crippen LogP contribution in [0.5, 0.6) is 5.88 Å². The molecule has 1 saturated heterocycles. The molecule has 21 heavy (non-hydrogen) atoms. The third-order valence-electron chi connectivity index (χ3n) is 3.41. The summed E-state index contributed by atoms with van der Waals surface area (Å²) in [6.45, 7) is 9.18. The maximum atomic E-state index is 5.60. The van der Waals surface area contributed by atoms with Crippen molar-refractivity contribution in [2.75, 3.05) is 44.4 Å². The molecule has 0 spiro atoms. The van der Waals surface area contributed by atoms with Crippen molar-refractivity contribution in [1.82, 2.24) is 15.3 Å². The Morgan fingerprint density at radius 1 is 1.38 bits per heavy atom. The average Bonchev–Trinajstić information content (AvgIpc) is 2.54. The van der Waals surface area contributed by atoms with E-state index in [2.05, 4.69) is 34.0 Å². The molecule has 0 bridgehead atoms. The average molecular weight is 294 g/mol. The first kappa shape index (κ1) is 16.0. The van der Waals surface area contributed by atoms with Crippen LogP contribution in [0.3, 0.4) is 0 Å². The topological polar surface area (TPSA) is 59.5 Å². The number of ether oxygens (including phenoxy) is 2. The summed E-state index contributed by atoms with van der Waals surface area (Å²) in [5.41, 5.74) is 0. The third-order valence-corrected chi connectivity index (χ3v) is 3.41. The van der Waals surface area contributed by atoms with Gasteiger partial charge >= 0.3 is 0 Å². The van der Waals surface area contributed by atoms with E-state index in [1.54, 1.807) is 6.33 Å². The standard InChI is InChI=1S/C15H26N4O2/c1-3-5-16-10-13-11-20-8-6-19(13)14-9-15(18-12-17-14)21-7-4-2/h9,12-13,16H,3-8,10-11H2,1-2H3. The Balaban J connectivity index is 2.02. The van der Waals surface area contributed by atoms with Crippen LogP contribution in [0.25, 0.3) is 0 Å². The Hall–Kier alpha value is -1.40. The number of hydrogen-bond acceptors (Lipinski definition) is 6. The Bertz CT molecular complexity index is 416. The van der Waals surface area contributed by atoms with E-state index in [1.807, 2.05) is 6.07 Å². The maximum Gasteiger partial charge on any atom is 0.218 e. The van der Waals surface area contributed by atoms with Gasteiger partial charge < -0.3 is 19.7 Å². The number of anilines is 1. The molecular formula is C15H26N4O2. The van der Waals surface area contributed by atoms with Crippen LogP contribution in [-0.2, 0) is 4.74 Å². The minimum Gasteiger partial charge on any atom is -0.478 e. The molecule has 0 aromatic carbocycles. The minimum atomic E-state index is 0.305. The molecule has 6 heteroatoms. The fourth-order valence-electron chi connectivity index (χ4n) is 2.34. The summed E-state index contributed by atoms with van der Waals surface area (Å²) in [5.74, 6) is 1.57. The van der Waals surface area contributed by atoms with Crippen molar-refractivity contribution in [2.45, 2.75) is 32.7 Å². The van der Waals surface area contributed by atoms with Gasteiger partial charge in [0.05, 0.1) is 25.9 Å². The highest BCUT2D eigenvalue weighted by atomic mass is 16.5. The molecule has 0 aliphatic carbocycles. The lowest BCUT2D eigenvalue weighted by Gasteiger charge is -2.36. The van der Waals surface area contributed by atoms with Gasteiger partial charge in [0.25, 0.3) is 0 Å². The normalized spacial score (nSPS) is 18.8. The summed E-state index contributed by atoms with van der Waals surface area (Å²) in [6, 6.07) is 2.23. The van der Waals surface area contributed by atoms with Gasteiger partial charge in [-0.1, -0.05) is 13.8 Å². The number of nitrogens with one attached hydrogen (secondary N) is 1. The summed E-state index contributed by atoms with van der Waals surface area (Å²) in [6.07, 6.45) is 3.68. The first-order valence-corrected chi connectivity index (χ1v) is 7.85. The molecule has 1 fully saturated rings. The Labute approximate surface area is 126 Å². The van der Waals surface area contributed by atoms with E-state index in [1.165, 1.54) is 0 Å². The third kappa shape index (κ3) is 4.82. The van der Waals surface area contributed by atoms with Gasteiger partial charge in [0.1, 0.15) is 12.1 Å². The molecule has 1 aromatic heterocycles. The molecule has 6 nitrogen and oxygen atoms in total. The molecule has 1 unspecified atom stereocenters. The van der Waals surface area contributed by atoms with Crippen LogP contribution in [0.1, 0.15) is 26.7 Å². The van der Waals surface area contributed by atoms with E-state index < -0.39 is 0 Å². The molecular weight excluding hydrogens is 268 g/mol. The monoisotopic (exact) mass is 294 g/mol. The molecule has 118 valence electrons. The second-order valence-corrected chi connectivity index (χ2v) is 5.19. The van der Waals surface area contributed by atoms with Crippen molar-refractivity contribution in [3.63, 3.8) is 0 Å². The van der Waals surface area contributed by atoms with Crippen LogP contribution in [0.15, 0.2) is 12.4 Å². The highest BCUT2D eigenvalue weighted by molar-refractivity contribution is 5.42. The van der Waals surface area contributed by atoms with E-state index in [-0.39, 0.29) is 0 Å². The zero-order valence-electron chi connectivity index (χ0n) is 13.0. The second kappa shape index (κ2) is 8.79. The molecule has 1 N–H and O–H groups in total. The molecule has 0 radical (unpaired) electrons. The first-order chi connectivity index (χ1) is 10.3. The van der Waals surface area contributed by atoms with Gasteiger partial charge in [-0.25, -0.2) is 9.97 Å². The summed E-state index contributed by atoms with van der Waals surface area (Å²) in [4.78, 5) is 10.9. The van der Waals surface area contributed by atoms with Crippen LogP contribution in [0.2, 0.25) is 0 Å². The van der Waals surface area contributed by atoms with Gasteiger partial charge in [-0.15, -0.1) is 0 Å². The summed E-state index contributed by atoms with van der Waals surface area (Å²) in [5, 5.41) is 3.46. The number of morpholine rings is 1. The molecule has 0 saturated carbocycles. The smallest absolute Gasteiger partial charge is 0.218 e. The predicted octanol–water partition coefficient (Wildman–Crippen LogP) is 1.47. The van der Waals surface area contributed by atoms with E-state index in [9.17, 15) is 0 Å². The van der Waals surface area contributed by atoms with E-state index >= 15 is 0 Å². The summed E-state index contributed by atoms with van der Waals surface area (Å²) < 4.78 is 11.2. The predicted molar refractivity (Wildman–Crippen MR) is 82.9 cm³/mol. The molecule has 0 amide bonds.